The minimum Gasteiger partial charge on any atom is -0.456 e. The molecule has 1 heterocycles. The van der Waals surface area contributed by atoms with Gasteiger partial charge in [-0.25, -0.2) is 4.99 Å². The molecule has 3 aromatic carbocycles. The van der Waals surface area contributed by atoms with Gasteiger partial charge in [-0.3, -0.25) is 9.59 Å². The van der Waals surface area contributed by atoms with Crippen molar-refractivity contribution < 1.29 is 19.4 Å². The van der Waals surface area contributed by atoms with Gasteiger partial charge in [0.25, 0.3) is 11.8 Å². The number of rotatable bonds is 6. The van der Waals surface area contributed by atoms with Crippen LogP contribution in [0, 0.1) is 6.92 Å². The van der Waals surface area contributed by atoms with Gasteiger partial charge in [-0.15, -0.1) is 0 Å². The van der Waals surface area contributed by atoms with Gasteiger partial charge in [0, 0.05) is 28.5 Å². The smallest absolute Gasteiger partial charge is 0.283 e. The van der Waals surface area contributed by atoms with E-state index in [1.165, 1.54) is 0 Å². The number of aliphatic hydroxyl groups is 1. The lowest BCUT2D eigenvalue weighted by Crippen LogP contribution is -2.19. The third kappa shape index (κ3) is 2.95. The molecule has 0 aromatic heterocycles. The first-order valence-electron chi connectivity index (χ1n) is 10.1. The van der Waals surface area contributed by atoms with Crippen molar-refractivity contribution in [2.75, 3.05) is 6.61 Å². The van der Waals surface area contributed by atoms with Crippen LogP contribution in [0.1, 0.15) is 28.7 Å². The minimum atomic E-state index is -0.781. The third-order valence-corrected chi connectivity index (χ3v) is 5.72. The second-order valence-electron chi connectivity index (χ2n) is 7.76. The summed E-state index contributed by atoms with van der Waals surface area (Å²) in [5, 5.41) is 11.2. The van der Waals surface area contributed by atoms with E-state index in [1.54, 1.807) is 0 Å². The van der Waals surface area contributed by atoms with Gasteiger partial charge in [0.05, 0.1) is 5.71 Å². The van der Waals surface area contributed by atoms with Crippen molar-refractivity contribution in [1.29, 1.82) is 0 Å². The zero-order valence-electron chi connectivity index (χ0n) is 16.9. The predicted octanol–water partition coefficient (Wildman–Crippen LogP) is 3.45. The summed E-state index contributed by atoms with van der Waals surface area (Å²) in [6, 6.07) is 15.5. The molecule has 6 heteroatoms. The van der Waals surface area contributed by atoms with Crippen LogP contribution in [0.15, 0.2) is 59.1 Å². The van der Waals surface area contributed by atoms with Crippen molar-refractivity contribution in [2.45, 2.75) is 19.8 Å². The van der Waals surface area contributed by atoms with Crippen molar-refractivity contribution >= 4 is 33.9 Å². The van der Waals surface area contributed by atoms with Gasteiger partial charge in [-0.2, -0.15) is 0 Å². The number of allylic oxidation sites excluding steroid dienone is 1. The largest absolute Gasteiger partial charge is 0.456 e. The Hall–Kier alpha value is -3.77. The lowest BCUT2D eigenvalue weighted by atomic mass is 9.95. The lowest BCUT2D eigenvalue weighted by Gasteiger charge is -2.16. The Kier molecular flexibility index (Phi) is 4.45. The molecule has 6 nitrogen and oxygen atoms in total. The summed E-state index contributed by atoms with van der Waals surface area (Å²) in [6.07, 6.45) is 1.13. The number of benzene rings is 3. The molecule has 0 saturated heterocycles. The molecule has 5 rings (SSSR count). The molecule has 154 valence electrons. The van der Waals surface area contributed by atoms with E-state index >= 15 is 0 Å². The molecule has 0 fully saturated rings. The van der Waals surface area contributed by atoms with E-state index in [-0.39, 0.29) is 12.2 Å². The number of nitrogens with two attached hydrogens (primary N) is 1. The maximum atomic E-state index is 12.3. The number of aryl methyl sites for hydroxylation is 2. The van der Waals surface area contributed by atoms with Crippen LogP contribution in [0.5, 0.6) is 11.5 Å². The predicted molar refractivity (Wildman–Crippen MR) is 118 cm³/mol. The molecule has 0 spiro atoms. The molecule has 31 heavy (non-hydrogen) atoms. The molecule has 1 aliphatic carbocycles. The first-order chi connectivity index (χ1) is 15.0. The van der Waals surface area contributed by atoms with Gasteiger partial charge in [0.2, 0.25) is 0 Å². The first kappa shape index (κ1) is 19.2. The fraction of sp³-hybridized carbons (Fsp3) is 0.160. The maximum Gasteiger partial charge on any atom is 0.283 e. The first-order valence-corrected chi connectivity index (χ1v) is 10.1. The van der Waals surface area contributed by atoms with Crippen LogP contribution in [0.2, 0.25) is 0 Å². The second-order valence-corrected chi connectivity index (χ2v) is 7.76. The zero-order valence-corrected chi connectivity index (χ0v) is 16.9. The molecule has 2 amide bonds. The second kappa shape index (κ2) is 7.18. The summed E-state index contributed by atoms with van der Waals surface area (Å²) in [5.41, 5.74) is 9.99. The van der Waals surface area contributed by atoms with Crippen molar-refractivity contribution in [2.24, 2.45) is 10.7 Å². The molecule has 0 radical (unpaired) electrons. The number of hydrogen-bond donors (Lipinski definition) is 2. The Balaban J connectivity index is 1.78. The average molecular weight is 412 g/mol. The summed E-state index contributed by atoms with van der Waals surface area (Å²) in [5.74, 6) is 0.0268. The monoisotopic (exact) mass is 412 g/mol. The maximum absolute atomic E-state index is 12.3. The van der Waals surface area contributed by atoms with Gasteiger partial charge in [-0.1, -0.05) is 35.9 Å². The van der Waals surface area contributed by atoms with Crippen molar-refractivity contribution in [3.05, 3.63) is 76.4 Å². The molecule has 1 aliphatic heterocycles. The van der Waals surface area contributed by atoms with E-state index in [9.17, 15) is 14.7 Å². The molecule has 0 bridgehead atoms. The van der Waals surface area contributed by atoms with Crippen LogP contribution >= 0.6 is 0 Å². The molecule has 0 atom stereocenters. The molecular formula is C25H20N2O4. The number of aliphatic imine (C=N–C) groups is 1. The topological polar surface area (TPSA) is 102 Å². The number of hydrogen-bond acceptors (Lipinski definition) is 4. The Morgan fingerprint density at radius 2 is 1.90 bits per heavy atom. The number of fused-ring (bicyclic) bond motifs is 3. The highest BCUT2D eigenvalue weighted by molar-refractivity contribution is 6.53. The van der Waals surface area contributed by atoms with E-state index in [0.29, 0.717) is 35.6 Å². The average Bonchev–Trinajstić information content (AvgIpc) is 3.24. The van der Waals surface area contributed by atoms with Crippen LogP contribution in [0.4, 0.5) is 0 Å². The highest BCUT2D eigenvalue weighted by Crippen LogP contribution is 2.47. The van der Waals surface area contributed by atoms with Crippen LogP contribution in [-0.2, 0) is 16.0 Å². The Morgan fingerprint density at radius 1 is 1.13 bits per heavy atom. The van der Waals surface area contributed by atoms with Gasteiger partial charge in [0.15, 0.2) is 0 Å². The van der Waals surface area contributed by atoms with Crippen molar-refractivity contribution in [3.63, 3.8) is 0 Å². The fourth-order valence-corrected chi connectivity index (χ4v) is 4.34. The fourth-order valence-electron chi connectivity index (χ4n) is 4.34. The van der Waals surface area contributed by atoms with E-state index in [2.05, 4.69) is 4.99 Å². The van der Waals surface area contributed by atoms with Crippen LogP contribution in [0.25, 0.3) is 16.3 Å². The number of carbonyl (C=O) groups is 2. The number of primary amides is 1. The summed E-state index contributed by atoms with van der Waals surface area (Å²) >= 11 is 0. The summed E-state index contributed by atoms with van der Waals surface area (Å²) in [7, 11) is 0. The van der Waals surface area contributed by atoms with Gasteiger partial charge < -0.3 is 15.6 Å². The molecule has 3 aromatic rings. The zero-order chi connectivity index (χ0) is 21.7. The van der Waals surface area contributed by atoms with E-state index in [0.717, 1.165) is 33.0 Å². The quantitative estimate of drug-likeness (QED) is 0.606. The molecule has 0 saturated carbocycles. The van der Waals surface area contributed by atoms with E-state index in [1.807, 2.05) is 55.5 Å². The minimum absolute atomic E-state index is 0.0395. The van der Waals surface area contributed by atoms with Crippen molar-refractivity contribution in [3.8, 4) is 11.5 Å². The van der Waals surface area contributed by atoms with Crippen LogP contribution < -0.4 is 10.5 Å². The number of nitrogens with zero attached hydrogens (tertiary/aromatic N) is 1. The van der Waals surface area contributed by atoms with E-state index < -0.39 is 11.8 Å². The summed E-state index contributed by atoms with van der Waals surface area (Å²) < 4.78 is 6.33. The SMILES string of the molecule is Cc1ccc(Oc2c(CCCO)cc3c4c(cccc24)C2=NC(=O)C(C(N)=O)=C23)cc1. The van der Waals surface area contributed by atoms with Crippen LogP contribution in [0.3, 0.4) is 0 Å². The Labute approximate surface area is 178 Å². The highest BCUT2D eigenvalue weighted by Gasteiger charge is 2.38. The lowest BCUT2D eigenvalue weighted by molar-refractivity contribution is -0.119. The standard InChI is InChI=1S/C25H20N2O4/c1-13-7-9-15(10-8-13)31-23-14(4-3-11-28)12-18-19-16(5-2-6-17(19)23)22-20(18)21(24(26)29)25(30)27-22/h2,5-10,12,28H,3-4,11H2,1H3,(H2,26,29). The molecule has 3 N–H and O–H groups in total. The Bertz CT molecular complexity index is 1330. The molecule has 2 aliphatic rings. The number of aliphatic hydroxyl groups excluding tert-OH is 1. The third-order valence-electron chi connectivity index (χ3n) is 5.72. The van der Waals surface area contributed by atoms with Gasteiger partial charge in [-0.05, 0) is 49.1 Å². The number of amides is 2. The molecular weight excluding hydrogens is 392 g/mol. The number of carbonyl (C=O) groups excluding carboxylic acids is 2. The number of ether oxygens (including phenoxy) is 1. The Morgan fingerprint density at radius 3 is 2.61 bits per heavy atom. The van der Waals surface area contributed by atoms with Crippen LogP contribution in [-0.4, -0.2) is 29.2 Å². The van der Waals surface area contributed by atoms with Gasteiger partial charge >= 0.3 is 0 Å². The van der Waals surface area contributed by atoms with E-state index in [4.69, 9.17) is 10.5 Å². The van der Waals surface area contributed by atoms with Crippen molar-refractivity contribution in [1.82, 2.24) is 0 Å². The summed E-state index contributed by atoms with van der Waals surface area (Å²) in [6.45, 7) is 2.05. The molecule has 0 unspecified atom stereocenters. The van der Waals surface area contributed by atoms with Gasteiger partial charge in [0.1, 0.15) is 17.1 Å². The highest BCUT2D eigenvalue weighted by atomic mass is 16.5. The summed E-state index contributed by atoms with van der Waals surface area (Å²) in [4.78, 5) is 28.5. The normalized spacial score (nSPS) is 14.3.